The first-order valence-corrected chi connectivity index (χ1v) is 6.22. The van der Waals surface area contributed by atoms with E-state index in [1.165, 1.54) is 19.3 Å². The molecule has 2 N–H and O–H groups in total. The number of rotatable bonds is 4. The van der Waals surface area contributed by atoms with Crippen molar-refractivity contribution in [3.63, 3.8) is 0 Å². The fraction of sp³-hybridized carbons (Fsp3) is 0.917. The molecule has 1 atom stereocenters. The predicted molar refractivity (Wildman–Crippen MR) is 60.6 cm³/mol. The summed E-state index contributed by atoms with van der Waals surface area (Å²) in [6.45, 7) is 4.07. The lowest BCUT2D eigenvalue weighted by atomic mass is 9.70. The Morgan fingerprint density at radius 2 is 2.27 bits per heavy atom. The Bertz CT molecular complexity index is 230. The van der Waals surface area contributed by atoms with Gasteiger partial charge in [0.05, 0.1) is 0 Å². The number of hydrogen-bond acceptors (Lipinski definition) is 2. The molecular weight excluding hydrogens is 188 g/mol. The highest BCUT2D eigenvalue weighted by Crippen LogP contribution is 2.40. The molecule has 2 aliphatic rings. The van der Waals surface area contributed by atoms with Crippen LogP contribution in [0.25, 0.3) is 0 Å². The second-order valence-corrected chi connectivity index (χ2v) is 5.25. The van der Waals surface area contributed by atoms with Crippen LogP contribution < -0.4 is 10.6 Å². The Kier molecular flexibility index (Phi) is 3.29. The average molecular weight is 210 g/mol. The van der Waals surface area contributed by atoms with E-state index in [1.807, 2.05) is 0 Å². The van der Waals surface area contributed by atoms with E-state index in [-0.39, 0.29) is 11.3 Å². The van der Waals surface area contributed by atoms with E-state index in [1.54, 1.807) is 0 Å². The second kappa shape index (κ2) is 4.52. The van der Waals surface area contributed by atoms with Gasteiger partial charge >= 0.3 is 0 Å². The van der Waals surface area contributed by atoms with Crippen LogP contribution in [0.3, 0.4) is 0 Å². The average Bonchev–Trinajstić information content (AvgIpc) is 2.66. The first kappa shape index (κ1) is 10.9. The van der Waals surface area contributed by atoms with Gasteiger partial charge in [0.15, 0.2) is 0 Å². The van der Waals surface area contributed by atoms with Gasteiger partial charge in [-0.2, -0.15) is 0 Å². The van der Waals surface area contributed by atoms with Gasteiger partial charge in [0.2, 0.25) is 5.91 Å². The molecule has 0 unspecified atom stereocenters. The van der Waals surface area contributed by atoms with Gasteiger partial charge in [-0.25, -0.2) is 0 Å². The highest BCUT2D eigenvalue weighted by atomic mass is 16.2. The van der Waals surface area contributed by atoms with Crippen LogP contribution >= 0.6 is 0 Å². The second-order valence-electron chi connectivity index (χ2n) is 5.25. The SMILES string of the molecule is CC1(C(=O)NCC[C@H]2CCCN2)CCC1. The zero-order valence-electron chi connectivity index (χ0n) is 9.64. The molecule has 0 aromatic rings. The normalized spacial score (nSPS) is 28.5. The smallest absolute Gasteiger partial charge is 0.225 e. The minimum Gasteiger partial charge on any atom is -0.356 e. The highest BCUT2D eigenvalue weighted by Gasteiger charge is 2.38. The monoisotopic (exact) mass is 210 g/mol. The minimum atomic E-state index is -0.0386. The fourth-order valence-electron chi connectivity index (χ4n) is 2.51. The summed E-state index contributed by atoms with van der Waals surface area (Å²) in [5.41, 5.74) is -0.0386. The molecule has 0 aromatic heterocycles. The Labute approximate surface area is 92.0 Å². The van der Waals surface area contributed by atoms with Crippen molar-refractivity contribution in [2.75, 3.05) is 13.1 Å². The molecule has 0 bridgehead atoms. The summed E-state index contributed by atoms with van der Waals surface area (Å²) in [5, 5.41) is 6.52. The standard InChI is InChI=1S/C12H22N2O/c1-12(6-3-7-12)11(15)14-9-5-10-4-2-8-13-10/h10,13H,2-9H2,1H3,(H,14,15)/t10-/m1/s1. The Hall–Kier alpha value is -0.570. The van der Waals surface area contributed by atoms with E-state index >= 15 is 0 Å². The molecule has 2 fully saturated rings. The van der Waals surface area contributed by atoms with E-state index in [4.69, 9.17) is 0 Å². The first-order chi connectivity index (χ1) is 7.21. The molecule has 1 aliphatic carbocycles. The van der Waals surface area contributed by atoms with Crippen molar-refractivity contribution in [2.24, 2.45) is 5.41 Å². The Balaban J connectivity index is 1.62. The number of hydrogen-bond donors (Lipinski definition) is 2. The third-order valence-electron chi connectivity index (χ3n) is 3.95. The summed E-state index contributed by atoms with van der Waals surface area (Å²) < 4.78 is 0. The zero-order chi connectivity index (χ0) is 10.7. The van der Waals surface area contributed by atoms with Gasteiger partial charge in [0.1, 0.15) is 0 Å². The summed E-state index contributed by atoms with van der Waals surface area (Å²) in [6, 6.07) is 0.638. The maximum atomic E-state index is 11.8. The number of nitrogens with one attached hydrogen (secondary N) is 2. The molecule has 0 aromatic carbocycles. The molecule has 1 saturated heterocycles. The molecule has 15 heavy (non-hydrogen) atoms. The lowest BCUT2D eigenvalue weighted by Gasteiger charge is -2.36. The Morgan fingerprint density at radius 1 is 1.47 bits per heavy atom. The van der Waals surface area contributed by atoms with Gasteiger partial charge in [-0.15, -0.1) is 0 Å². The molecule has 3 heteroatoms. The molecule has 1 aliphatic heterocycles. The molecule has 3 nitrogen and oxygen atoms in total. The lowest BCUT2D eigenvalue weighted by molar-refractivity contribution is -0.134. The van der Waals surface area contributed by atoms with Crippen molar-refractivity contribution in [3.05, 3.63) is 0 Å². The number of carbonyl (C=O) groups excluding carboxylic acids is 1. The highest BCUT2D eigenvalue weighted by molar-refractivity contribution is 5.82. The summed E-state index contributed by atoms with van der Waals surface area (Å²) in [6.07, 6.45) is 7.00. The summed E-state index contributed by atoms with van der Waals surface area (Å²) >= 11 is 0. The van der Waals surface area contributed by atoms with Gasteiger partial charge < -0.3 is 10.6 Å². The van der Waals surface area contributed by atoms with Crippen molar-refractivity contribution in [3.8, 4) is 0 Å². The van der Waals surface area contributed by atoms with Crippen LogP contribution in [0.15, 0.2) is 0 Å². The fourth-order valence-corrected chi connectivity index (χ4v) is 2.51. The van der Waals surface area contributed by atoms with Gasteiger partial charge in [-0.1, -0.05) is 13.3 Å². The number of carbonyl (C=O) groups is 1. The number of amides is 1. The van der Waals surface area contributed by atoms with Crippen molar-refractivity contribution in [1.82, 2.24) is 10.6 Å². The third kappa shape index (κ3) is 2.51. The molecule has 86 valence electrons. The van der Waals surface area contributed by atoms with Crippen LogP contribution in [-0.2, 0) is 4.79 Å². The van der Waals surface area contributed by atoms with E-state index in [0.717, 1.165) is 32.4 Å². The maximum absolute atomic E-state index is 11.8. The van der Waals surface area contributed by atoms with E-state index in [2.05, 4.69) is 17.6 Å². The van der Waals surface area contributed by atoms with Crippen molar-refractivity contribution >= 4 is 5.91 Å². The van der Waals surface area contributed by atoms with Crippen molar-refractivity contribution in [2.45, 2.75) is 51.5 Å². The van der Waals surface area contributed by atoms with Crippen molar-refractivity contribution in [1.29, 1.82) is 0 Å². The van der Waals surface area contributed by atoms with Gasteiger partial charge in [0.25, 0.3) is 0 Å². The van der Waals surface area contributed by atoms with Crippen LogP contribution in [0.4, 0.5) is 0 Å². The molecular formula is C12H22N2O. The molecule has 0 spiro atoms. The molecule has 0 radical (unpaired) electrons. The molecule has 2 rings (SSSR count). The summed E-state index contributed by atoms with van der Waals surface area (Å²) in [4.78, 5) is 11.8. The van der Waals surface area contributed by atoms with E-state index in [0.29, 0.717) is 6.04 Å². The molecule has 1 saturated carbocycles. The predicted octanol–water partition coefficient (Wildman–Crippen LogP) is 1.43. The van der Waals surface area contributed by atoms with Gasteiger partial charge in [-0.3, -0.25) is 4.79 Å². The molecule has 1 heterocycles. The maximum Gasteiger partial charge on any atom is 0.225 e. The van der Waals surface area contributed by atoms with Crippen LogP contribution in [0, 0.1) is 5.41 Å². The summed E-state index contributed by atoms with van der Waals surface area (Å²) in [7, 11) is 0. The molecule has 1 amide bonds. The quantitative estimate of drug-likeness (QED) is 0.737. The topological polar surface area (TPSA) is 41.1 Å². The Morgan fingerprint density at radius 3 is 2.80 bits per heavy atom. The summed E-state index contributed by atoms with van der Waals surface area (Å²) in [5.74, 6) is 0.270. The lowest BCUT2D eigenvalue weighted by Crippen LogP contribution is -2.44. The van der Waals surface area contributed by atoms with Crippen LogP contribution in [0.1, 0.15) is 45.4 Å². The van der Waals surface area contributed by atoms with Gasteiger partial charge in [0, 0.05) is 18.0 Å². The van der Waals surface area contributed by atoms with Crippen LogP contribution in [0.5, 0.6) is 0 Å². The first-order valence-electron chi connectivity index (χ1n) is 6.22. The largest absolute Gasteiger partial charge is 0.356 e. The zero-order valence-corrected chi connectivity index (χ0v) is 9.64. The van der Waals surface area contributed by atoms with Gasteiger partial charge in [-0.05, 0) is 38.6 Å². The van der Waals surface area contributed by atoms with E-state index in [9.17, 15) is 4.79 Å². The minimum absolute atomic E-state index is 0.0386. The van der Waals surface area contributed by atoms with Crippen LogP contribution in [-0.4, -0.2) is 25.0 Å². The van der Waals surface area contributed by atoms with Crippen LogP contribution in [0.2, 0.25) is 0 Å². The third-order valence-corrected chi connectivity index (χ3v) is 3.95. The van der Waals surface area contributed by atoms with E-state index < -0.39 is 0 Å². The van der Waals surface area contributed by atoms with Crippen molar-refractivity contribution < 1.29 is 4.79 Å².